The number of halogens is 2. The van der Waals surface area contributed by atoms with Crippen LogP contribution in [0.25, 0.3) is 0 Å². The summed E-state index contributed by atoms with van der Waals surface area (Å²) in [6.07, 6.45) is 0.262. The summed E-state index contributed by atoms with van der Waals surface area (Å²) in [5.74, 6) is -0.450. The Morgan fingerprint density at radius 1 is 1.00 bits per heavy atom. The maximum atomic E-state index is 13.5. The molecule has 0 bridgehead atoms. The second kappa shape index (κ2) is 8.63. The predicted molar refractivity (Wildman–Crippen MR) is 123 cm³/mol. The Hall–Kier alpha value is -2.38. The van der Waals surface area contributed by atoms with Gasteiger partial charge in [-0.1, -0.05) is 65.2 Å². The number of sulfonamides is 1. The number of benzene rings is 3. The highest BCUT2D eigenvalue weighted by molar-refractivity contribution is 7.89. The lowest BCUT2D eigenvalue weighted by Crippen LogP contribution is -2.50. The molecule has 0 radical (unpaired) electrons. The van der Waals surface area contributed by atoms with Crippen molar-refractivity contribution in [2.75, 3.05) is 5.32 Å². The van der Waals surface area contributed by atoms with E-state index in [9.17, 15) is 13.2 Å². The summed E-state index contributed by atoms with van der Waals surface area (Å²) >= 11 is 12.1. The maximum absolute atomic E-state index is 13.5. The molecule has 0 saturated heterocycles. The molecule has 0 spiro atoms. The number of amides is 1. The normalized spacial score (nSPS) is 16.5. The number of nitrogens with one attached hydrogen (secondary N) is 1. The van der Waals surface area contributed by atoms with Crippen LogP contribution in [0, 0.1) is 6.92 Å². The molecule has 8 heteroatoms. The van der Waals surface area contributed by atoms with Gasteiger partial charge in [-0.05, 0) is 54.8 Å². The first kappa shape index (κ1) is 21.8. The van der Waals surface area contributed by atoms with Crippen molar-refractivity contribution < 1.29 is 13.2 Å². The molecular formula is C23H20Cl2N2O3S. The molecule has 4 rings (SSSR count). The van der Waals surface area contributed by atoms with Gasteiger partial charge in [0.05, 0.1) is 15.6 Å². The van der Waals surface area contributed by atoms with Gasteiger partial charge in [0.25, 0.3) is 0 Å². The van der Waals surface area contributed by atoms with E-state index in [4.69, 9.17) is 23.2 Å². The Morgan fingerprint density at radius 3 is 2.35 bits per heavy atom. The average molecular weight is 475 g/mol. The molecular weight excluding hydrogens is 455 g/mol. The molecule has 1 aliphatic heterocycles. The first-order chi connectivity index (χ1) is 14.8. The van der Waals surface area contributed by atoms with Crippen LogP contribution >= 0.6 is 23.2 Å². The second-order valence-corrected chi connectivity index (χ2v) is 10.2. The van der Waals surface area contributed by atoms with Gasteiger partial charge in [0, 0.05) is 11.6 Å². The summed E-state index contributed by atoms with van der Waals surface area (Å²) < 4.78 is 28.2. The number of carbonyl (C=O) groups excluding carboxylic acids is 1. The van der Waals surface area contributed by atoms with Crippen LogP contribution in [0.3, 0.4) is 0 Å². The van der Waals surface area contributed by atoms with E-state index in [0.717, 1.165) is 16.7 Å². The molecule has 1 amide bonds. The van der Waals surface area contributed by atoms with E-state index in [2.05, 4.69) is 5.32 Å². The molecule has 1 unspecified atom stereocenters. The van der Waals surface area contributed by atoms with E-state index >= 15 is 0 Å². The third-order valence-electron chi connectivity index (χ3n) is 5.32. The minimum Gasteiger partial charge on any atom is -0.323 e. The predicted octanol–water partition coefficient (Wildman–Crippen LogP) is 5.06. The van der Waals surface area contributed by atoms with Gasteiger partial charge in [0.2, 0.25) is 15.9 Å². The third-order valence-corrected chi connectivity index (χ3v) is 7.74. The molecule has 1 atom stereocenters. The number of rotatable bonds is 4. The number of aryl methyl sites for hydroxylation is 1. The van der Waals surface area contributed by atoms with Crippen LogP contribution < -0.4 is 5.32 Å². The molecule has 0 saturated carbocycles. The Bertz CT molecular complexity index is 1240. The van der Waals surface area contributed by atoms with Crippen molar-refractivity contribution >= 4 is 44.8 Å². The van der Waals surface area contributed by atoms with Crippen LogP contribution in [0.2, 0.25) is 10.0 Å². The smallest absolute Gasteiger partial charge is 0.244 e. The zero-order valence-corrected chi connectivity index (χ0v) is 19.0. The number of hydrogen-bond acceptors (Lipinski definition) is 3. The van der Waals surface area contributed by atoms with Gasteiger partial charge in [0.1, 0.15) is 6.04 Å². The Labute approximate surface area is 191 Å². The fraction of sp³-hybridized carbons (Fsp3) is 0.174. The van der Waals surface area contributed by atoms with Crippen LogP contribution in [-0.2, 0) is 27.8 Å². The lowest BCUT2D eigenvalue weighted by atomic mass is 9.95. The molecule has 5 nitrogen and oxygen atoms in total. The lowest BCUT2D eigenvalue weighted by Gasteiger charge is -2.35. The maximum Gasteiger partial charge on any atom is 0.244 e. The summed E-state index contributed by atoms with van der Waals surface area (Å²) in [5, 5.41) is 3.49. The highest BCUT2D eigenvalue weighted by atomic mass is 35.5. The monoisotopic (exact) mass is 474 g/mol. The highest BCUT2D eigenvalue weighted by Crippen LogP contribution is 2.31. The van der Waals surface area contributed by atoms with Gasteiger partial charge >= 0.3 is 0 Å². The molecule has 3 aromatic rings. The first-order valence-corrected chi connectivity index (χ1v) is 11.9. The molecule has 160 valence electrons. The van der Waals surface area contributed by atoms with Crippen molar-refractivity contribution in [2.45, 2.75) is 30.8 Å². The van der Waals surface area contributed by atoms with Crippen LogP contribution in [0.4, 0.5) is 5.69 Å². The van der Waals surface area contributed by atoms with Gasteiger partial charge in [-0.15, -0.1) is 0 Å². The van der Waals surface area contributed by atoms with Gasteiger partial charge in [-0.2, -0.15) is 4.31 Å². The van der Waals surface area contributed by atoms with Gasteiger partial charge in [0.15, 0.2) is 0 Å². The number of fused-ring (bicyclic) bond motifs is 1. The molecule has 1 heterocycles. The van der Waals surface area contributed by atoms with E-state index in [0.29, 0.717) is 10.7 Å². The van der Waals surface area contributed by atoms with Crippen LogP contribution in [0.5, 0.6) is 0 Å². The fourth-order valence-electron chi connectivity index (χ4n) is 3.63. The van der Waals surface area contributed by atoms with E-state index < -0.39 is 22.0 Å². The van der Waals surface area contributed by atoms with Crippen molar-refractivity contribution in [1.29, 1.82) is 0 Å². The van der Waals surface area contributed by atoms with Crippen molar-refractivity contribution in [2.24, 2.45) is 0 Å². The average Bonchev–Trinajstić information content (AvgIpc) is 2.75. The molecule has 3 aromatic carbocycles. The number of carbonyl (C=O) groups is 1. The van der Waals surface area contributed by atoms with Crippen molar-refractivity contribution in [1.82, 2.24) is 4.31 Å². The minimum atomic E-state index is -3.91. The number of hydrogen-bond donors (Lipinski definition) is 1. The molecule has 1 aliphatic rings. The molecule has 0 aromatic heterocycles. The second-order valence-electron chi connectivity index (χ2n) is 7.47. The zero-order valence-electron chi connectivity index (χ0n) is 16.7. The van der Waals surface area contributed by atoms with Crippen molar-refractivity contribution in [3.8, 4) is 0 Å². The van der Waals surface area contributed by atoms with E-state index in [1.807, 2.05) is 31.2 Å². The Balaban J connectivity index is 1.72. The zero-order chi connectivity index (χ0) is 22.2. The quantitative estimate of drug-likeness (QED) is 0.574. The molecule has 31 heavy (non-hydrogen) atoms. The van der Waals surface area contributed by atoms with Gasteiger partial charge < -0.3 is 5.32 Å². The van der Waals surface area contributed by atoms with Crippen LogP contribution in [-0.4, -0.2) is 24.7 Å². The summed E-state index contributed by atoms with van der Waals surface area (Å²) in [5.41, 5.74) is 3.16. The SMILES string of the molecule is Cc1ccc(S(=O)(=O)N2Cc3ccccc3CC2C(=O)Nc2ccc(Cl)cc2Cl)cc1. The minimum absolute atomic E-state index is 0.110. The van der Waals surface area contributed by atoms with Crippen LogP contribution in [0.1, 0.15) is 16.7 Å². The van der Waals surface area contributed by atoms with Crippen molar-refractivity contribution in [3.63, 3.8) is 0 Å². The summed E-state index contributed by atoms with van der Waals surface area (Å²) in [6.45, 7) is 2.00. The van der Waals surface area contributed by atoms with E-state index in [-0.39, 0.29) is 22.9 Å². The number of anilines is 1. The standard InChI is InChI=1S/C23H20Cl2N2O3S/c1-15-6-9-19(10-7-15)31(29,30)27-14-17-5-3-2-4-16(17)12-22(27)23(28)26-21-11-8-18(24)13-20(21)25/h2-11,13,22H,12,14H2,1H3,(H,26,28). The van der Waals surface area contributed by atoms with Gasteiger partial charge in [-0.25, -0.2) is 8.42 Å². The van der Waals surface area contributed by atoms with Crippen molar-refractivity contribution in [3.05, 3.63) is 93.5 Å². The number of nitrogens with zero attached hydrogens (tertiary/aromatic N) is 1. The summed E-state index contributed by atoms with van der Waals surface area (Å²) in [4.78, 5) is 13.4. The third kappa shape index (κ3) is 4.48. The fourth-order valence-corrected chi connectivity index (χ4v) is 5.65. The Kier molecular flexibility index (Phi) is 6.08. The highest BCUT2D eigenvalue weighted by Gasteiger charge is 2.39. The molecule has 0 fully saturated rings. The molecule has 0 aliphatic carbocycles. The molecule has 1 N–H and O–H groups in total. The topological polar surface area (TPSA) is 66.5 Å². The van der Waals surface area contributed by atoms with Crippen LogP contribution in [0.15, 0.2) is 71.6 Å². The van der Waals surface area contributed by atoms with E-state index in [1.54, 1.807) is 36.4 Å². The van der Waals surface area contributed by atoms with E-state index in [1.165, 1.54) is 10.4 Å². The van der Waals surface area contributed by atoms with Gasteiger partial charge in [-0.3, -0.25) is 4.79 Å². The summed E-state index contributed by atoms with van der Waals surface area (Å²) in [7, 11) is -3.91. The largest absolute Gasteiger partial charge is 0.323 e. The first-order valence-electron chi connectivity index (χ1n) is 9.67. The summed E-state index contributed by atoms with van der Waals surface area (Å²) in [6, 6.07) is 18.0. The Morgan fingerprint density at radius 2 is 1.68 bits per heavy atom. The lowest BCUT2D eigenvalue weighted by molar-refractivity contribution is -0.120.